The first-order valence-electron chi connectivity index (χ1n) is 7.84. The molecule has 2 rings (SSSR count). The lowest BCUT2D eigenvalue weighted by Gasteiger charge is -2.19. The van der Waals surface area contributed by atoms with E-state index in [4.69, 9.17) is 27.9 Å². The Morgan fingerprint density at radius 3 is 2.32 bits per heavy atom. The Hall–Kier alpha value is -1.27. The highest BCUT2D eigenvalue weighted by Gasteiger charge is 2.21. The van der Waals surface area contributed by atoms with E-state index in [1.807, 2.05) is 32.0 Å². The van der Waals surface area contributed by atoms with Crippen molar-refractivity contribution in [3.63, 3.8) is 0 Å². The zero-order valence-corrected chi connectivity index (χ0v) is 16.7. The average Bonchev–Trinajstić information content (AvgIpc) is 2.56. The minimum atomic E-state index is -3.62. The normalized spacial score (nSPS) is 12.8. The number of halogens is 2. The van der Waals surface area contributed by atoms with Crippen LogP contribution < -0.4 is 9.46 Å². The number of hydrogen-bond acceptors (Lipinski definition) is 3. The zero-order chi connectivity index (χ0) is 18.6. The van der Waals surface area contributed by atoms with Crippen LogP contribution >= 0.6 is 23.2 Å². The lowest BCUT2D eigenvalue weighted by atomic mass is 10.0. The average molecular weight is 402 g/mol. The van der Waals surface area contributed by atoms with Crippen LogP contribution in [-0.2, 0) is 15.8 Å². The van der Waals surface area contributed by atoms with E-state index >= 15 is 0 Å². The van der Waals surface area contributed by atoms with Crippen molar-refractivity contribution in [2.45, 2.75) is 32.1 Å². The van der Waals surface area contributed by atoms with E-state index in [0.717, 1.165) is 16.9 Å². The Kier molecular flexibility index (Phi) is 6.74. The quantitative estimate of drug-likeness (QED) is 0.718. The van der Waals surface area contributed by atoms with Crippen molar-refractivity contribution in [2.24, 2.45) is 0 Å². The van der Waals surface area contributed by atoms with Crippen LogP contribution in [0.2, 0.25) is 10.0 Å². The Morgan fingerprint density at radius 2 is 1.80 bits per heavy atom. The van der Waals surface area contributed by atoms with Crippen LogP contribution in [0, 0.1) is 6.92 Å². The summed E-state index contributed by atoms with van der Waals surface area (Å²) in [5.74, 6) is 0.501. The van der Waals surface area contributed by atoms with Gasteiger partial charge in [-0.15, -0.1) is 0 Å². The molecule has 0 aliphatic heterocycles. The van der Waals surface area contributed by atoms with E-state index in [2.05, 4.69) is 4.72 Å². The molecular weight excluding hydrogens is 381 g/mol. The molecule has 0 heterocycles. The molecule has 1 atom stereocenters. The summed E-state index contributed by atoms with van der Waals surface area (Å²) in [5.41, 5.74) is 2.24. The summed E-state index contributed by atoms with van der Waals surface area (Å²) in [6, 6.07) is 10.2. The molecule has 1 N–H and O–H groups in total. The minimum Gasteiger partial charge on any atom is -0.496 e. The van der Waals surface area contributed by atoms with Gasteiger partial charge < -0.3 is 4.74 Å². The first-order chi connectivity index (χ1) is 11.8. The molecule has 0 saturated heterocycles. The summed E-state index contributed by atoms with van der Waals surface area (Å²) in [6.45, 7) is 3.85. The molecule has 0 amide bonds. The highest BCUT2D eigenvalue weighted by molar-refractivity contribution is 7.88. The molecule has 2 aromatic carbocycles. The summed E-state index contributed by atoms with van der Waals surface area (Å²) in [5, 5.41) is 0.678. The lowest BCUT2D eigenvalue weighted by molar-refractivity contribution is 0.411. The largest absolute Gasteiger partial charge is 0.496 e. The van der Waals surface area contributed by atoms with Gasteiger partial charge in [0.15, 0.2) is 0 Å². The Balaban J connectivity index is 2.24. The van der Waals surface area contributed by atoms with Gasteiger partial charge in [-0.2, -0.15) is 0 Å². The van der Waals surface area contributed by atoms with E-state index in [-0.39, 0.29) is 11.8 Å². The van der Waals surface area contributed by atoms with Crippen molar-refractivity contribution in [3.8, 4) is 5.75 Å². The van der Waals surface area contributed by atoms with Crippen LogP contribution in [0.1, 0.15) is 36.1 Å². The molecule has 0 fully saturated rings. The van der Waals surface area contributed by atoms with Gasteiger partial charge in [-0.25, -0.2) is 13.1 Å². The van der Waals surface area contributed by atoms with E-state index in [0.29, 0.717) is 22.0 Å². The van der Waals surface area contributed by atoms with Crippen LogP contribution in [-0.4, -0.2) is 15.5 Å². The number of methoxy groups -OCH3 is 1. The smallest absolute Gasteiger partial charge is 0.216 e. The first-order valence-corrected chi connectivity index (χ1v) is 10.3. The molecule has 0 aromatic heterocycles. The second kappa shape index (κ2) is 8.41. The number of hydrogen-bond donors (Lipinski definition) is 1. The maximum absolute atomic E-state index is 12.6. The molecule has 0 spiro atoms. The Bertz CT molecular complexity index is 833. The van der Waals surface area contributed by atoms with Gasteiger partial charge >= 0.3 is 0 Å². The van der Waals surface area contributed by atoms with Crippen molar-refractivity contribution < 1.29 is 13.2 Å². The van der Waals surface area contributed by atoms with Crippen LogP contribution in [0.4, 0.5) is 0 Å². The van der Waals surface area contributed by atoms with Crippen molar-refractivity contribution in [2.75, 3.05) is 7.11 Å². The molecule has 0 aliphatic carbocycles. The highest BCUT2D eigenvalue weighted by atomic mass is 35.5. The summed E-state index contributed by atoms with van der Waals surface area (Å²) in [6.07, 6.45) is 0.612. The van der Waals surface area contributed by atoms with Gasteiger partial charge in [-0.3, -0.25) is 0 Å². The number of ether oxygens (including phenoxy) is 1. The molecule has 0 bridgehead atoms. The van der Waals surface area contributed by atoms with Gasteiger partial charge in [0, 0.05) is 21.7 Å². The van der Waals surface area contributed by atoms with Crippen molar-refractivity contribution >= 4 is 33.2 Å². The maximum Gasteiger partial charge on any atom is 0.216 e. The number of aryl methyl sites for hydroxylation is 1. The summed E-state index contributed by atoms with van der Waals surface area (Å²) < 4.78 is 33.2. The van der Waals surface area contributed by atoms with Crippen LogP contribution in [0.25, 0.3) is 0 Å². The fourth-order valence-corrected chi connectivity index (χ4v) is 4.82. The number of sulfonamides is 1. The fraction of sp³-hybridized carbons (Fsp3) is 0.333. The monoisotopic (exact) mass is 401 g/mol. The van der Waals surface area contributed by atoms with Gasteiger partial charge in [-0.05, 0) is 42.7 Å². The number of nitrogens with one attached hydrogen (secondary N) is 1. The fourth-order valence-electron chi connectivity index (χ4n) is 2.62. The first kappa shape index (κ1) is 20.0. The van der Waals surface area contributed by atoms with Crippen LogP contribution in [0.15, 0.2) is 36.4 Å². The molecule has 4 nitrogen and oxygen atoms in total. The molecular formula is C18H21Cl2NO3S. The van der Waals surface area contributed by atoms with Gasteiger partial charge in [-0.1, -0.05) is 48.3 Å². The standard InChI is InChI=1S/C18H21Cl2NO3S/c1-4-17(13-8-9-18(24-3)12(2)10-13)21-25(22,23)11-14-15(19)6-5-7-16(14)20/h5-10,17,21H,4,11H2,1-3H3. The summed E-state index contributed by atoms with van der Waals surface area (Å²) >= 11 is 12.2. The van der Waals surface area contributed by atoms with E-state index in [9.17, 15) is 8.42 Å². The number of rotatable bonds is 7. The molecule has 0 radical (unpaired) electrons. The van der Waals surface area contributed by atoms with Crippen molar-refractivity contribution in [3.05, 3.63) is 63.1 Å². The SMILES string of the molecule is CCC(NS(=O)(=O)Cc1c(Cl)cccc1Cl)c1ccc(OC)c(C)c1. The third-order valence-corrected chi connectivity index (χ3v) is 5.97. The molecule has 136 valence electrons. The number of benzene rings is 2. The molecule has 1 unspecified atom stereocenters. The van der Waals surface area contributed by atoms with Gasteiger partial charge in [0.2, 0.25) is 10.0 Å². The van der Waals surface area contributed by atoms with Gasteiger partial charge in [0.05, 0.1) is 12.9 Å². The Morgan fingerprint density at radius 1 is 1.16 bits per heavy atom. The lowest BCUT2D eigenvalue weighted by Crippen LogP contribution is -2.29. The third-order valence-electron chi connectivity index (χ3n) is 3.95. The highest BCUT2D eigenvalue weighted by Crippen LogP contribution is 2.28. The van der Waals surface area contributed by atoms with Crippen molar-refractivity contribution in [1.82, 2.24) is 4.72 Å². The molecule has 0 saturated carbocycles. The summed E-state index contributed by atoms with van der Waals surface area (Å²) in [4.78, 5) is 0. The molecule has 2 aromatic rings. The second-order valence-corrected chi connectivity index (χ2v) is 8.34. The second-order valence-electron chi connectivity index (χ2n) is 5.77. The predicted molar refractivity (Wildman–Crippen MR) is 103 cm³/mol. The van der Waals surface area contributed by atoms with E-state index in [1.54, 1.807) is 25.3 Å². The van der Waals surface area contributed by atoms with E-state index in [1.165, 1.54) is 0 Å². The zero-order valence-electron chi connectivity index (χ0n) is 14.3. The topological polar surface area (TPSA) is 55.4 Å². The molecule has 25 heavy (non-hydrogen) atoms. The molecule has 0 aliphatic rings. The third kappa shape index (κ3) is 5.11. The maximum atomic E-state index is 12.6. The van der Waals surface area contributed by atoms with Gasteiger partial charge in [0.25, 0.3) is 0 Å². The molecule has 7 heteroatoms. The summed E-state index contributed by atoms with van der Waals surface area (Å²) in [7, 11) is -2.01. The van der Waals surface area contributed by atoms with Gasteiger partial charge in [0.1, 0.15) is 5.75 Å². The Labute approximate surface area is 159 Å². The van der Waals surface area contributed by atoms with E-state index < -0.39 is 10.0 Å². The van der Waals surface area contributed by atoms with Crippen LogP contribution in [0.5, 0.6) is 5.75 Å². The van der Waals surface area contributed by atoms with Crippen molar-refractivity contribution in [1.29, 1.82) is 0 Å². The minimum absolute atomic E-state index is 0.267. The predicted octanol–water partition coefficient (Wildman–Crippen LogP) is 4.88. The van der Waals surface area contributed by atoms with Crippen LogP contribution in [0.3, 0.4) is 0 Å².